The van der Waals surface area contributed by atoms with Crippen molar-refractivity contribution in [3.63, 3.8) is 0 Å². The van der Waals surface area contributed by atoms with Crippen LogP contribution in [0, 0.1) is 0 Å². The maximum Gasteiger partial charge on any atom is 0.416 e. The average molecular weight is 359 g/mol. The maximum absolute atomic E-state index is 12.6. The molecule has 0 bridgehead atoms. The lowest BCUT2D eigenvalue weighted by Gasteiger charge is -2.20. The molecule has 2 rings (SSSR count). The van der Waals surface area contributed by atoms with E-state index in [9.17, 15) is 18.0 Å². The van der Waals surface area contributed by atoms with Crippen molar-refractivity contribution in [2.75, 3.05) is 19.4 Å². The minimum absolute atomic E-state index is 0.00925. The molecule has 9 heteroatoms. The highest BCUT2D eigenvalue weighted by atomic mass is 32.1. The van der Waals surface area contributed by atoms with Crippen LogP contribution in [0.5, 0.6) is 0 Å². The van der Waals surface area contributed by atoms with E-state index in [2.05, 4.69) is 9.72 Å². The molecule has 2 N–H and O–H groups in total. The SMILES string of the molecule is COC(=O)CN(Cc1ccc(C(F)(F)F)cc1)Cc1cnc(N)s1. The molecule has 0 fully saturated rings. The van der Waals surface area contributed by atoms with E-state index in [1.54, 1.807) is 11.1 Å². The van der Waals surface area contributed by atoms with E-state index in [1.807, 2.05) is 0 Å². The summed E-state index contributed by atoms with van der Waals surface area (Å²) in [5, 5.41) is 0.414. The van der Waals surface area contributed by atoms with Crippen LogP contribution in [0.2, 0.25) is 0 Å². The number of rotatable bonds is 6. The second-order valence-electron chi connectivity index (χ2n) is 5.08. The van der Waals surface area contributed by atoms with E-state index in [-0.39, 0.29) is 6.54 Å². The van der Waals surface area contributed by atoms with Crippen LogP contribution in [0.4, 0.5) is 18.3 Å². The molecule has 0 aliphatic rings. The normalized spacial score (nSPS) is 11.7. The van der Waals surface area contributed by atoms with E-state index < -0.39 is 17.7 Å². The predicted molar refractivity (Wildman–Crippen MR) is 84.1 cm³/mol. The van der Waals surface area contributed by atoms with Gasteiger partial charge < -0.3 is 10.5 Å². The van der Waals surface area contributed by atoms with Crippen LogP contribution in [-0.2, 0) is 28.8 Å². The van der Waals surface area contributed by atoms with Crippen molar-refractivity contribution in [2.45, 2.75) is 19.3 Å². The third-order valence-corrected chi connectivity index (χ3v) is 4.03. The third-order valence-electron chi connectivity index (χ3n) is 3.22. The molecule has 1 heterocycles. The van der Waals surface area contributed by atoms with E-state index in [0.717, 1.165) is 17.0 Å². The number of halogens is 3. The lowest BCUT2D eigenvalue weighted by atomic mass is 10.1. The van der Waals surface area contributed by atoms with Gasteiger partial charge in [0.2, 0.25) is 0 Å². The number of ether oxygens (including phenoxy) is 1. The van der Waals surface area contributed by atoms with Crippen molar-refractivity contribution in [1.29, 1.82) is 0 Å². The Morgan fingerprint density at radius 3 is 2.46 bits per heavy atom. The molecule has 0 unspecified atom stereocenters. The zero-order chi connectivity index (χ0) is 17.7. The van der Waals surface area contributed by atoms with Crippen LogP contribution in [0.15, 0.2) is 30.5 Å². The highest BCUT2D eigenvalue weighted by molar-refractivity contribution is 7.15. The number of alkyl halides is 3. The first-order valence-electron chi connectivity index (χ1n) is 6.93. The molecule has 1 aromatic heterocycles. The highest BCUT2D eigenvalue weighted by Crippen LogP contribution is 2.29. The van der Waals surface area contributed by atoms with Crippen LogP contribution in [0.25, 0.3) is 0 Å². The molecule has 24 heavy (non-hydrogen) atoms. The van der Waals surface area contributed by atoms with Crippen molar-refractivity contribution in [3.05, 3.63) is 46.5 Å². The predicted octanol–water partition coefficient (Wildman–Crippen LogP) is 2.92. The van der Waals surface area contributed by atoms with Gasteiger partial charge in [0, 0.05) is 24.2 Å². The summed E-state index contributed by atoms with van der Waals surface area (Å²) in [6.45, 7) is 0.700. The Morgan fingerprint density at radius 1 is 1.29 bits per heavy atom. The summed E-state index contributed by atoms with van der Waals surface area (Å²) < 4.78 is 42.5. The maximum atomic E-state index is 12.6. The molecule has 0 spiro atoms. The van der Waals surface area contributed by atoms with Crippen molar-refractivity contribution in [1.82, 2.24) is 9.88 Å². The quantitative estimate of drug-likeness (QED) is 0.803. The van der Waals surface area contributed by atoms with Crippen LogP contribution < -0.4 is 5.73 Å². The summed E-state index contributed by atoms with van der Waals surface area (Å²) >= 11 is 1.29. The number of hydrogen-bond acceptors (Lipinski definition) is 6. The Hall–Kier alpha value is -2.13. The fraction of sp³-hybridized carbons (Fsp3) is 0.333. The first-order valence-corrected chi connectivity index (χ1v) is 7.75. The Labute approximate surface area is 140 Å². The number of nitrogens with zero attached hydrogens (tertiary/aromatic N) is 2. The Morgan fingerprint density at radius 2 is 1.96 bits per heavy atom. The average Bonchev–Trinajstić information content (AvgIpc) is 2.91. The Bertz CT molecular complexity index is 686. The molecule has 0 radical (unpaired) electrons. The largest absolute Gasteiger partial charge is 0.468 e. The van der Waals surface area contributed by atoms with Crippen LogP contribution in [0.3, 0.4) is 0 Å². The van der Waals surface area contributed by atoms with Crippen molar-refractivity contribution in [3.8, 4) is 0 Å². The number of nitrogens with two attached hydrogens (primary N) is 1. The number of thiazole rings is 1. The number of methoxy groups -OCH3 is 1. The van der Waals surface area contributed by atoms with Gasteiger partial charge in [-0.15, -0.1) is 11.3 Å². The molecule has 2 aromatic rings. The summed E-state index contributed by atoms with van der Waals surface area (Å²) in [4.78, 5) is 18.1. The molecular weight excluding hydrogens is 343 g/mol. The fourth-order valence-corrected chi connectivity index (χ4v) is 2.81. The number of carbonyl (C=O) groups excluding carboxylic acids is 1. The molecule has 5 nitrogen and oxygen atoms in total. The number of carbonyl (C=O) groups is 1. The monoisotopic (exact) mass is 359 g/mol. The first-order chi connectivity index (χ1) is 11.3. The highest BCUT2D eigenvalue weighted by Gasteiger charge is 2.30. The number of esters is 1. The lowest BCUT2D eigenvalue weighted by molar-refractivity contribution is -0.142. The number of anilines is 1. The molecule has 0 saturated heterocycles. The van der Waals surface area contributed by atoms with E-state index in [1.165, 1.54) is 30.6 Å². The Kier molecular flexibility index (Phi) is 5.79. The minimum Gasteiger partial charge on any atom is -0.468 e. The van der Waals surface area contributed by atoms with Crippen molar-refractivity contribution < 1.29 is 22.7 Å². The zero-order valence-electron chi connectivity index (χ0n) is 12.8. The van der Waals surface area contributed by atoms with Gasteiger partial charge in [-0.2, -0.15) is 13.2 Å². The molecule has 0 aliphatic heterocycles. The standard InChI is InChI=1S/C15H16F3N3O2S/c1-23-13(22)9-21(8-12-6-20-14(19)24-12)7-10-2-4-11(5-3-10)15(16,17)18/h2-6H,7-9H2,1H3,(H2,19,20). The molecular formula is C15H16F3N3O2S. The zero-order valence-corrected chi connectivity index (χ0v) is 13.7. The third kappa shape index (κ3) is 5.20. The van der Waals surface area contributed by atoms with Gasteiger partial charge in [-0.3, -0.25) is 9.69 Å². The smallest absolute Gasteiger partial charge is 0.416 e. The molecule has 0 aliphatic carbocycles. The van der Waals surface area contributed by atoms with E-state index in [0.29, 0.717) is 23.8 Å². The lowest BCUT2D eigenvalue weighted by Crippen LogP contribution is -2.29. The van der Waals surface area contributed by atoms with Gasteiger partial charge in [0.05, 0.1) is 19.2 Å². The number of aromatic nitrogens is 1. The Balaban J connectivity index is 2.10. The second kappa shape index (κ2) is 7.63. The van der Waals surface area contributed by atoms with Gasteiger partial charge in [0.15, 0.2) is 5.13 Å². The van der Waals surface area contributed by atoms with Gasteiger partial charge in [-0.05, 0) is 17.7 Å². The summed E-state index contributed by atoms with van der Waals surface area (Å²) in [5.41, 5.74) is 5.53. The number of benzene rings is 1. The van der Waals surface area contributed by atoms with Gasteiger partial charge in [-0.1, -0.05) is 12.1 Å². The fourth-order valence-electron chi connectivity index (χ4n) is 2.09. The van der Waals surface area contributed by atoms with Gasteiger partial charge >= 0.3 is 12.1 Å². The van der Waals surface area contributed by atoms with Gasteiger partial charge in [-0.25, -0.2) is 4.98 Å². The second-order valence-corrected chi connectivity index (χ2v) is 6.23. The van der Waals surface area contributed by atoms with Crippen molar-refractivity contribution >= 4 is 22.4 Å². The molecule has 0 amide bonds. The molecule has 0 saturated carbocycles. The molecule has 130 valence electrons. The number of hydrogen-bond donors (Lipinski definition) is 1. The summed E-state index contributed by atoms with van der Waals surface area (Å²) in [6.07, 6.45) is -2.76. The van der Waals surface area contributed by atoms with Crippen LogP contribution in [-0.4, -0.2) is 29.5 Å². The summed E-state index contributed by atoms with van der Waals surface area (Å²) in [7, 11) is 1.28. The van der Waals surface area contributed by atoms with Crippen LogP contribution >= 0.6 is 11.3 Å². The number of nitrogen functional groups attached to an aromatic ring is 1. The first kappa shape index (κ1) is 18.2. The summed E-state index contributed by atoms with van der Waals surface area (Å²) in [5.74, 6) is -0.431. The van der Waals surface area contributed by atoms with Gasteiger partial charge in [0.1, 0.15) is 0 Å². The topological polar surface area (TPSA) is 68.5 Å². The van der Waals surface area contributed by atoms with Crippen molar-refractivity contribution in [2.24, 2.45) is 0 Å². The van der Waals surface area contributed by atoms with E-state index in [4.69, 9.17) is 5.73 Å². The molecule has 0 atom stereocenters. The molecule has 1 aromatic carbocycles. The van der Waals surface area contributed by atoms with Gasteiger partial charge in [0.25, 0.3) is 0 Å². The van der Waals surface area contributed by atoms with Crippen LogP contribution in [0.1, 0.15) is 16.0 Å². The summed E-state index contributed by atoms with van der Waals surface area (Å²) in [6, 6.07) is 4.84. The van der Waals surface area contributed by atoms with E-state index >= 15 is 0 Å². The minimum atomic E-state index is -4.37.